The molecule has 1 aromatic carbocycles. The Morgan fingerprint density at radius 2 is 2.25 bits per heavy atom. The summed E-state index contributed by atoms with van der Waals surface area (Å²) in [5, 5.41) is 19.0. The Morgan fingerprint density at radius 3 is 2.83 bits per heavy atom. The maximum Gasteiger partial charge on any atom is 0.0511 e. The molecule has 0 bridgehead atoms. The van der Waals surface area contributed by atoms with Gasteiger partial charge in [-0.05, 0) is 24.1 Å². The topological polar surface area (TPSA) is 46.5 Å². The second kappa shape index (κ2) is 4.09. The average Bonchev–Trinajstić information content (AvgIpc) is 2.05. The molecular formula is C9H12NO2-. The largest absolute Gasteiger partial charge is 0.733 e. The van der Waals surface area contributed by atoms with Gasteiger partial charge in [0.2, 0.25) is 0 Å². The molecule has 0 unspecified atom stereocenters. The van der Waals surface area contributed by atoms with Crippen molar-refractivity contribution in [2.24, 2.45) is 0 Å². The first-order valence-electron chi connectivity index (χ1n) is 3.99. The van der Waals surface area contributed by atoms with E-state index in [1.807, 2.05) is 6.07 Å². The van der Waals surface area contributed by atoms with Crippen LogP contribution in [0.25, 0.3) is 0 Å². The van der Waals surface area contributed by atoms with Crippen molar-refractivity contribution in [3.63, 3.8) is 0 Å². The van der Waals surface area contributed by atoms with Gasteiger partial charge >= 0.3 is 0 Å². The highest BCUT2D eigenvalue weighted by Gasteiger charge is 1.94. The van der Waals surface area contributed by atoms with Gasteiger partial charge in [-0.1, -0.05) is 25.5 Å². The highest BCUT2D eigenvalue weighted by atomic mass is 16.8. The monoisotopic (exact) mass is 166 g/mol. The Bertz CT molecular complexity index is 248. The molecule has 0 aliphatic rings. The molecule has 12 heavy (non-hydrogen) atoms. The van der Waals surface area contributed by atoms with Crippen molar-refractivity contribution in [2.45, 2.75) is 19.8 Å². The second-order valence-electron chi connectivity index (χ2n) is 2.69. The van der Waals surface area contributed by atoms with E-state index >= 15 is 0 Å². The molecule has 0 aliphatic carbocycles. The molecule has 0 radical (unpaired) electrons. The summed E-state index contributed by atoms with van der Waals surface area (Å²) in [6.07, 6.45) is 1.97. The molecule has 0 atom stereocenters. The molecule has 3 heteroatoms. The third-order valence-corrected chi connectivity index (χ3v) is 1.67. The van der Waals surface area contributed by atoms with Crippen molar-refractivity contribution >= 4 is 5.69 Å². The van der Waals surface area contributed by atoms with Crippen LogP contribution in [0.2, 0.25) is 0 Å². The smallest absolute Gasteiger partial charge is 0.0511 e. The SMILES string of the molecule is CCCc1cccc(N([O-])O)c1. The van der Waals surface area contributed by atoms with Crippen LogP contribution in [-0.2, 0) is 6.42 Å². The van der Waals surface area contributed by atoms with Gasteiger partial charge in [-0.2, -0.15) is 0 Å². The first-order valence-corrected chi connectivity index (χ1v) is 3.99. The molecular weight excluding hydrogens is 154 g/mol. The zero-order valence-corrected chi connectivity index (χ0v) is 7.03. The molecule has 0 saturated heterocycles. The molecule has 1 rings (SSSR count). The summed E-state index contributed by atoms with van der Waals surface area (Å²) >= 11 is 0. The number of anilines is 1. The van der Waals surface area contributed by atoms with Crippen LogP contribution in [-0.4, -0.2) is 5.21 Å². The number of aryl methyl sites for hydroxylation is 1. The molecule has 0 heterocycles. The van der Waals surface area contributed by atoms with Gasteiger partial charge in [0.25, 0.3) is 0 Å². The summed E-state index contributed by atoms with van der Waals surface area (Å²) in [6, 6.07) is 6.97. The fourth-order valence-electron chi connectivity index (χ4n) is 1.12. The van der Waals surface area contributed by atoms with Gasteiger partial charge in [-0.3, -0.25) is 5.21 Å². The Hall–Kier alpha value is -1.06. The lowest BCUT2D eigenvalue weighted by atomic mass is 10.1. The van der Waals surface area contributed by atoms with Crippen LogP contribution in [0.4, 0.5) is 5.69 Å². The summed E-state index contributed by atoms with van der Waals surface area (Å²) in [7, 11) is 0. The summed E-state index contributed by atoms with van der Waals surface area (Å²) < 4.78 is 0. The van der Waals surface area contributed by atoms with Crippen LogP contribution in [0.3, 0.4) is 0 Å². The lowest BCUT2D eigenvalue weighted by Gasteiger charge is -2.21. The second-order valence-corrected chi connectivity index (χ2v) is 2.69. The van der Waals surface area contributed by atoms with Crippen molar-refractivity contribution in [3.8, 4) is 0 Å². The van der Waals surface area contributed by atoms with Crippen molar-refractivity contribution in [2.75, 3.05) is 5.23 Å². The van der Waals surface area contributed by atoms with Crippen molar-refractivity contribution < 1.29 is 5.21 Å². The van der Waals surface area contributed by atoms with Gasteiger partial charge in [0.1, 0.15) is 0 Å². The third kappa shape index (κ3) is 2.22. The van der Waals surface area contributed by atoms with E-state index < -0.39 is 0 Å². The van der Waals surface area contributed by atoms with Gasteiger partial charge in [0, 0.05) is 0 Å². The number of benzene rings is 1. The fourth-order valence-corrected chi connectivity index (χ4v) is 1.12. The maximum atomic E-state index is 10.5. The first kappa shape index (κ1) is 9.03. The van der Waals surface area contributed by atoms with Gasteiger partial charge in [-0.15, -0.1) is 0 Å². The van der Waals surface area contributed by atoms with Crippen molar-refractivity contribution in [3.05, 3.63) is 35.0 Å². The highest BCUT2D eigenvalue weighted by molar-refractivity contribution is 5.46. The standard InChI is InChI=1S/C9H12NO2/c1-2-4-8-5-3-6-9(7-8)10(11)12/h3,5-7,11H,2,4H2,1H3/q-1. The molecule has 1 aromatic rings. The Balaban J connectivity index is 2.81. The van der Waals surface area contributed by atoms with Crippen LogP contribution in [0.5, 0.6) is 0 Å². The molecule has 3 nitrogen and oxygen atoms in total. The van der Waals surface area contributed by atoms with E-state index in [1.54, 1.807) is 18.2 Å². The minimum absolute atomic E-state index is 0.112. The molecule has 0 spiro atoms. The molecule has 0 aliphatic heterocycles. The molecule has 0 amide bonds. The van der Waals surface area contributed by atoms with E-state index in [2.05, 4.69) is 6.92 Å². The van der Waals surface area contributed by atoms with Gasteiger partial charge in [0.15, 0.2) is 0 Å². The zero-order valence-electron chi connectivity index (χ0n) is 7.03. The van der Waals surface area contributed by atoms with E-state index in [4.69, 9.17) is 5.21 Å². The predicted molar refractivity (Wildman–Crippen MR) is 48.1 cm³/mol. The van der Waals surface area contributed by atoms with Crippen LogP contribution < -0.4 is 5.23 Å². The normalized spacial score (nSPS) is 9.92. The summed E-state index contributed by atoms with van der Waals surface area (Å²) in [6.45, 7) is 2.07. The van der Waals surface area contributed by atoms with Gasteiger partial charge < -0.3 is 10.4 Å². The summed E-state index contributed by atoms with van der Waals surface area (Å²) in [4.78, 5) is 0. The fraction of sp³-hybridized carbons (Fsp3) is 0.333. The third-order valence-electron chi connectivity index (χ3n) is 1.67. The van der Waals surface area contributed by atoms with Crippen LogP contribution in [0.1, 0.15) is 18.9 Å². The molecule has 0 saturated carbocycles. The molecule has 0 aromatic heterocycles. The van der Waals surface area contributed by atoms with E-state index in [-0.39, 0.29) is 5.23 Å². The minimum Gasteiger partial charge on any atom is -0.733 e. The van der Waals surface area contributed by atoms with Gasteiger partial charge in [0.05, 0.1) is 5.69 Å². The predicted octanol–water partition coefficient (Wildman–Crippen LogP) is 2.33. The van der Waals surface area contributed by atoms with Gasteiger partial charge in [-0.25, -0.2) is 0 Å². The van der Waals surface area contributed by atoms with Crippen molar-refractivity contribution in [1.29, 1.82) is 0 Å². The quantitative estimate of drug-likeness (QED) is 0.701. The Kier molecular flexibility index (Phi) is 3.08. The summed E-state index contributed by atoms with van der Waals surface area (Å²) in [5.41, 5.74) is 1.37. The first-order chi connectivity index (χ1) is 5.74. The maximum absolute atomic E-state index is 10.5. The molecule has 0 fully saturated rings. The lowest BCUT2D eigenvalue weighted by molar-refractivity contribution is 0.296. The van der Waals surface area contributed by atoms with E-state index in [1.165, 1.54) is 0 Å². The lowest BCUT2D eigenvalue weighted by Crippen LogP contribution is -2.06. The van der Waals surface area contributed by atoms with Crippen molar-refractivity contribution in [1.82, 2.24) is 0 Å². The molecule has 66 valence electrons. The van der Waals surface area contributed by atoms with E-state index in [0.717, 1.165) is 18.4 Å². The highest BCUT2D eigenvalue weighted by Crippen LogP contribution is 2.14. The molecule has 1 N–H and O–H groups in total. The number of hydrogen-bond acceptors (Lipinski definition) is 3. The summed E-state index contributed by atoms with van der Waals surface area (Å²) in [5.74, 6) is 0. The zero-order chi connectivity index (χ0) is 8.97. The number of hydrogen-bond donors (Lipinski definition) is 1. The van der Waals surface area contributed by atoms with Crippen LogP contribution in [0.15, 0.2) is 24.3 Å². The number of nitrogens with zero attached hydrogens (tertiary/aromatic N) is 1. The Morgan fingerprint density at radius 1 is 1.50 bits per heavy atom. The minimum atomic E-state index is -0.112. The van der Waals surface area contributed by atoms with E-state index in [9.17, 15) is 5.21 Å². The van der Waals surface area contributed by atoms with E-state index in [0.29, 0.717) is 5.69 Å². The van der Waals surface area contributed by atoms with Crippen LogP contribution in [0, 0.1) is 5.21 Å². The average molecular weight is 166 g/mol. The van der Waals surface area contributed by atoms with Crippen LogP contribution >= 0.6 is 0 Å². The Labute approximate surface area is 71.8 Å². The number of rotatable bonds is 3.